The predicted octanol–water partition coefficient (Wildman–Crippen LogP) is 0.403. The SMILES string of the molecule is C[C@H]1NC(=O)[C@@H]2C[C@H](NCc3ccccc3F)CN2C1=O. The first-order valence-corrected chi connectivity index (χ1v) is 7.14. The molecule has 2 fully saturated rings. The number of fused-ring (bicyclic) bond motifs is 1. The zero-order chi connectivity index (χ0) is 15.0. The summed E-state index contributed by atoms with van der Waals surface area (Å²) < 4.78 is 13.6. The van der Waals surface area contributed by atoms with Crippen molar-refractivity contribution in [2.45, 2.75) is 38.0 Å². The normalized spacial score (nSPS) is 28.5. The van der Waals surface area contributed by atoms with Gasteiger partial charge in [-0.2, -0.15) is 0 Å². The number of halogens is 1. The highest BCUT2D eigenvalue weighted by atomic mass is 19.1. The standard InChI is InChI=1S/C15H18FN3O2/c1-9-15(21)19-8-11(6-13(19)14(20)18-9)17-7-10-4-2-3-5-12(10)16/h2-5,9,11,13,17H,6-8H2,1H3,(H,18,20)/t9-,11+,13+/m1/s1. The molecule has 0 spiro atoms. The van der Waals surface area contributed by atoms with Gasteiger partial charge in [-0.1, -0.05) is 18.2 Å². The fraction of sp³-hybridized carbons (Fsp3) is 0.467. The minimum Gasteiger partial charge on any atom is -0.343 e. The van der Waals surface area contributed by atoms with Crippen LogP contribution in [-0.2, 0) is 16.1 Å². The number of hydrogen-bond donors (Lipinski definition) is 2. The quantitative estimate of drug-likeness (QED) is 0.847. The number of rotatable bonds is 3. The fourth-order valence-electron chi connectivity index (χ4n) is 2.99. The molecule has 6 heteroatoms. The van der Waals surface area contributed by atoms with Crippen LogP contribution in [0.15, 0.2) is 24.3 Å². The van der Waals surface area contributed by atoms with Crippen LogP contribution in [0, 0.1) is 5.82 Å². The molecule has 2 aliphatic heterocycles. The molecular weight excluding hydrogens is 273 g/mol. The number of carbonyl (C=O) groups excluding carboxylic acids is 2. The van der Waals surface area contributed by atoms with Crippen molar-refractivity contribution in [3.05, 3.63) is 35.6 Å². The van der Waals surface area contributed by atoms with E-state index in [9.17, 15) is 14.0 Å². The second-order valence-electron chi connectivity index (χ2n) is 5.64. The van der Waals surface area contributed by atoms with Crippen LogP contribution < -0.4 is 10.6 Å². The van der Waals surface area contributed by atoms with E-state index in [4.69, 9.17) is 0 Å². The average molecular weight is 291 g/mol. The van der Waals surface area contributed by atoms with Gasteiger partial charge < -0.3 is 15.5 Å². The molecule has 1 aromatic rings. The third-order valence-corrected chi connectivity index (χ3v) is 4.16. The first-order chi connectivity index (χ1) is 10.1. The largest absolute Gasteiger partial charge is 0.343 e. The van der Waals surface area contributed by atoms with Crippen LogP contribution >= 0.6 is 0 Å². The number of carbonyl (C=O) groups is 2. The van der Waals surface area contributed by atoms with Crippen molar-refractivity contribution in [1.82, 2.24) is 15.5 Å². The van der Waals surface area contributed by atoms with Crippen molar-refractivity contribution in [1.29, 1.82) is 0 Å². The Morgan fingerprint density at radius 2 is 2.14 bits per heavy atom. The lowest BCUT2D eigenvalue weighted by atomic mass is 10.1. The molecule has 2 amide bonds. The van der Waals surface area contributed by atoms with Crippen LogP contribution in [0.5, 0.6) is 0 Å². The van der Waals surface area contributed by atoms with Gasteiger partial charge in [0.2, 0.25) is 11.8 Å². The fourth-order valence-corrected chi connectivity index (χ4v) is 2.99. The smallest absolute Gasteiger partial charge is 0.245 e. The third-order valence-electron chi connectivity index (χ3n) is 4.16. The van der Waals surface area contributed by atoms with Crippen LogP contribution in [0.25, 0.3) is 0 Å². The Bertz CT molecular complexity index is 578. The van der Waals surface area contributed by atoms with E-state index in [0.717, 1.165) is 0 Å². The molecule has 0 aromatic heterocycles. The van der Waals surface area contributed by atoms with Gasteiger partial charge in [0.25, 0.3) is 0 Å². The maximum Gasteiger partial charge on any atom is 0.245 e. The van der Waals surface area contributed by atoms with Crippen LogP contribution in [0.4, 0.5) is 4.39 Å². The zero-order valence-electron chi connectivity index (χ0n) is 11.8. The first-order valence-electron chi connectivity index (χ1n) is 7.14. The van der Waals surface area contributed by atoms with Crippen molar-refractivity contribution in [3.8, 4) is 0 Å². The number of benzene rings is 1. The molecule has 3 rings (SSSR count). The monoisotopic (exact) mass is 291 g/mol. The molecule has 0 bridgehead atoms. The molecule has 5 nitrogen and oxygen atoms in total. The van der Waals surface area contributed by atoms with E-state index in [-0.39, 0.29) is 23.7 Å². The van der Waals surface area contributed by atoms with Gasteiger partial charge >= 0.3 is 0 Å². The lowest BCUT2D eigenvalue weighted by Crippen LogP contribution is -2.60. The summed E-state index contributed by atoms with van der Waals surface area (Å²) >= 11 is 0. The molecule has 0 aliphatic carbocycles. The Morgan fingerprint density at radius 3 is 2.90 bits per heavy atom. The van der Waals surface area contributed by atoms with Crippen molar-refractivity contribution in [3.63, 3.8) is 0 Å². The molecule has 2 aliphatic rings. The van der Waals surface area contributed by atoms with Gasteiger partial charge in [-0.3, -0.25) is 9.59 Å². The number of piperazine rings is 1. The van der Waals surface area contributed by atoms with Crippen LogP contribution in [0.2, 0.25) is 0 Å². The number of amides is 2. The molecule has 0 radical (unpaired) electrons. The van der Waals surface area contributed by atoms with E-state index in [1.54, 1.807) is 30.0 Å². The second-order valence-corrected chi connectivity index (χ2v) is 5.64. The Labute approximate surface area is 122 Å². The lowest BCUT2D eigenvalue weighted by molar-refractivity contribution is -0.146. The minimum absolute atomic E-state index is 0.00889. The lowest BCUT2D eigenvalue weighted by Gasteiger charge is -2.32. The summed E-state index contributed by atoms with van der Waals surface area (Å²) in [7, 11) is 0. The summed E-state index contributed by atoms with van der Waals surface area (Å²) in [6.07, 6.45) is 0.568. The molecule has 3 atom stereocenters. The molecule has 21 heavy (non-hydrogen) atoms. The molecule has 0 unspecified atom stereocenters. The minimum atomic E-state index is -0.459. The highest BCUT2D eigenvalue weighted by Crippen LogP contribution is 2.23. The molecule has 2 heterocycles. The van der Waals surface area contributed by atoms with E-state index in [0.29, 0.717) is 25.1 Å². The van der Waals surface area contributed by atoms with Crippen molar-refractivity contribution >= 4 is 11.8 Å². The summed E-state index contributed by atoms with van der Waals surface area (Å²) in [6.45, 7) is 2.58. The summed E-state index contributed by atoms with van der Waals surface area (Å²) in [4.78, 5) is 25.6. The van der Waals surface area contributed by atoms with Gasteiger partial charge in [-0.05, 0) is 19.4 Å². The van der Waals surface area contributed by atoms with Gasteiger partial charge in [-0.25, -0.2) is 4.39 Å². The number of nitrogens with zero attached hydrogens (tertiary/aromatic N) is 1. The highest BCUT2D eigenvalue weighted by Gasteiger charge is 2.44. The Balaban J connectivity index is 1.63. The molecule has 1 aromatic carbocycles. The van der Waals surface area contributed by atoms with Crippen molar-refractivity contribution in [2.24, 2.45) is 0 Å². The van der Waals surface area contributed by atoms with E-state index in [2.05, 4.69) is 10.6 Å². The van der Waals surface area contributed by atoms with Crippen LogP contribution in [0.1, 0.15) is 18.9 Å². The van der Waals surface area contributed by atoms with E-state index in [1.165, 1.54) is 6.07 Å². The van der Waals surface area contributed by atoms with Crippen molar-refractivity contribution < 1.29 is 14.0 Å². The summed E-state index contributed by atoms with van der Waals surface area (Å²) in [5.74, 6) is -0.393. The molecular formula is C15H18FN3O2. The molecule has 112 valence electrons. The van der Waals surface area contributed by atoms with Crippen molar-refractivity contribution in [2.75, 3.05) is 6.54 Å². The number of hydrogen-bond acceptors (Lipinski definition) is 3. The predicted molar refractivity (Wildman–Crippen MR) is 74.8 cm³/mol. The van der Waals surface area contributed by atoms with Crippen LogP contribution in [0.3, 0.4) is 0 Å². The van der Waals surface area contributed by atoms with Crippen LogP contribution in [-0.4, -0.2) is 41.4 Å². The Morgan fingerprint density at radius 1 is 1.38 bits per heavy atom. The van der Waals surface area contributed by atoms with Gasteiger partial charge in [0, 0.05) is 24.7 Å². The second kappa shape index (κ2) is 5.44. The maximum atomic E-state index is 13.6. The number of nitrogens with one attached hydrogen (secondary N) is 2. The van der Waals surface area contributed by atoms with E-state index >= 15 is 0 Å². The van der Waals surface area contributed by atoms with E-state index in [1.807, 2.05) is 0 Å². The highest BCUT2D eigenvalue weighted by molar-refractivity contribution is 5.97. The summed E-state index contributed by atoms with van der Waals surface area (Å²) in [5.41, 5.74) is 0.589. The molecule has 2 N–H and O–H groups in total. The summed E-state index contributed by atoms with van der Waals surface area (Å²) in [6, 6.07) is 5.74. The Hall–Kier alpha value is -1.95. The maximum absolute atomic E-state index is 13.6. The summed E-state index contributed by atoms with van der Waals surface area (Å²) in [5, 5.41) is 5.92. The van der Waals surface area contributed by atoms with Gasteiger partial charge in [0.15, 0.2) is 0 Å². The Kier molecular flexibility index (Phi) is 3.63. The molecule has 0 saturated carbocycles. The van der Waals surface area contributed by atoms with Gasteiger partial charge in [-0.15, -0.1) is 0 Å². The van der Waals surface area contributed by atoms with Gasteiger partial charge in [0.05, 0.1) is 0 Å². The third kappa shape index (κ3) is 2.63. The van der Waals surface area contributed by atoms with E-state index < -0.39 is 12.1 Å². The zero-order valence-corrected chi connectivity index (χ0v) is 11.8. The average Bonchev–Trinajstić information content (AvgIpc) is 2.89. The molecule has 2 saturated heterocycles. The van der Waals surface area contributed by atoms with Gasteiger partial charge in [0.1, 0.15) is 17.9 Å². The topological polar surface area (TPSA) is 61.4 Å². The first kappa shape index (κ1) is 14.0.